The largest absolute Gasteiger partial charge is 0.481 e. The molecule has 116 valence electrons. The second-order valence-corrected chi connectivity index (χ2v) is 5.39. The van der Waals surface area contributed by atoms with Gasteiger partial charge in [-0.3, -0.25) is 9.59 Å². The second-order valence-electron chi connectivity index (χ2n) is 5.39. The van der Waals surface area contributed by atoms with E-state index in [1.807, 2.05) is 6.92 Å². The number of rotatable bonds is 10. The van der Waals surface area contributed by atoms with Crippen LogP contribution in [0.1, 0.15) is 49.7 Å². The maximum absolute atomic E-state index is 11.7. The van der Waals surface area contributed by atoms with Crippen LogP contribution in [-0.2, 0) is 16.0 Å². The number of aliphatic carboxylic acids is 1. The first-order valence-corrected chi connectivity index (χ1v) is 7.62. The lowest BCUT2D eigenvalue weighted by Crippen LogP contribution is -2.24. The fourth-order valence-electron chi connectivity index (χ4n) is 2.08. The molecule has 1 rings (SSSR count). The highest BCUT2D eigenvalue weighted by Gasteiger charge is 2.02. The Morgan fingerprint density at radius 2 is 1.67 bits per heavy atom. The van der Waals surface area contributed by atoms with Gasteiger partial charge in [0.15, 0.2) is 0 Å². The fourth-order valence-corrected chi connectivity index (χ4v) is 2.08. The minimum atomic E-state index is -0.737. The molecule has 21 heavy (non-hydrogen) atoms. The van der Waals surface area contributed by atoms with Crippen molar-refractivity contribution in [3.63, 3.8) is 0 Å². The summed E-state index contributed by atoms with van der Waals surface area (Å²) in [5, 5.41) is 11.4. The Balaban J connectivity index is 2.01. The molecule has 0 bridgehead atoms. The van der Waals surface area contributed by atoms with Gasteiger partial charge in [-0.05, 0) is 31.7 Å². The Bertz CT molecular complexity index is 440. The molecular formula is C17H25NO3. The quantitative estimate of drug-likeness (QED) is 0.651. The van der Waals surface area contributed by atoms with Crippen molar-refractivity contribution in [2.24, 2.45) is 0 Å². The minimum absolute atomic E-state index is 0.0844. The molecule has 0 radical (unpaired) electrons. The van der Waals surface area contributed by atoms with Gasteiger partial charge < -0.3 is 10.4 Å². The van der Waals surface area contributed by atoms with E-state index in [0.717, 1.165) is 32.1 Å². The van der Waals surface area contributed by atoms with E-state index >= 15 is 0 Å². The normalized spacial score (nSPS) is 10.3. The van der Waals surface area contributed by atoms with Gasteiger partial charge in [-0.25, -0.2) is 0 Å². The Morgan fingerprint density at radius 3 is 2.33 bits per heavy atom. The first-order chi connectivity index (χ1) is 10.1. The standard InChI is InChI=1S/C17H25NO3/c1-14-7-9-15(10-8-14)11-12-16(19)18-13-5-3-2-4-6-17(20)21/h7-10H,2-6,11-13H2,1H3,(H,18,19)(H,20,21). The third kappa shape index (κ3) is 8.84. The van der Waals surface area contributed by atoms with E-state index in [0.29, 0.717) is 13.0 Å². The van der Waals surface area contributed by atoms with E-state index in [2.05, 4.69) is 29.6 Å². The average molecular weight is 291 g/mol. The zero-order chi connectivity index (χ0) is 15.5. The number of hydrogen-bond acceptors (Lipinski definition) is 2. The van der Waals surface area contributed by atoms with E-state index in [-0.39, 0.29) is 12.3 Å². The topological polar surface area (TPSA) is 66.4 Å². The number of aryl methyl sites for hydroxylation is 2. The lowest BCUT2D eigenvalue weighted by Gasteiger charge is -2.05. The van der Waals surface area contributed by atoms with Crippen LogP contribution < -0.4 is 5.32 Å². The molecule has 1 aromatic carbocycles. The average Bonchev–Trinajstić information content (AvgIpc) is 2.45. The summed E-state index contributed by atoms with van der Waals surface area (Å²) in [5.74, 6) is -0.652. The number of carboxylic acid groups (broad SMARTS) is 1. The van der Waals surface area contributed by atoms with Crippen LogP contribution in [0, 0.1) is 6.92 Å². The van der Waals surface area contributed by atoms with Crippen LogP contribution in [0.4, 0.5) is 0 Å². The van der Waals surface area contributed by atoms with Crippen LogP contribution in [0.15, 0.2) is 24.3 Å². The van der Waals surface area contributed by atoms with Crippen LogP contribution in [0.25, 0.3) is 0 Å². The molecule has 0 saturated heterocycles. The molecule has 0 aromatic heterocycles. The molecule has 0 unspecified atom stereocenters. The van der Waals surface area contributed by atoms with E-state index in [1.165, 1.54) is 11.1 Å². The van der Waals surface area contributed by atoms with Crippen LogP contribution in [0.5, 0.6) is 0 Å². The molecular weight excluding hydrogens is 266 g/mol. The van der Waals surface area contributed by atoms with E-state index in [4.69, 9.17) is 5.11 Å². The SMILES string of the molecule is Cc1ccc(CCC(=O)NCCCCCCC(=O)O)cc1. The number of carboxylic acids is 1. The molecule has 0 spiro atoms. The predicted molar refractivity (Wildman–Crippen MR) is 83.2 cm³/mol. The molecule has 4 heteroatoms. The molecule has 0 atom stereocenters. The smallest absolute Gasteiger partial charge is 0.303 e. The number of hydrogen-bond donors (Lipinski definition) is 2. The van der Waals surface area contributed by atoms with Crippen molar-refractivity contribution in [1.29, 1.82) is 0 Å². The number of benzene rings is 1. The zero-order valence-electron chi connectivity index (χ0n) is 12.7. The summed E-state index contributed by atoms with van der Waals surface area (Å²) in [7, 11) is 0. The summed E-state index contributed by atoms with van der Waals surface area (Å²) in [6.45, 7) is 2.73. The first-order valence-electron chi connectivity index (χ1n) is 7.62. The lowest BCUT2D eigenvalue weighted by molar-refractivity contribution is -0.137. The summed E-state index contributed by atoms with van der Waals surface area (Å²) in [4.78, 5) is 22.0. The predicted octanol–water partition coefficient (Wildman–Crippen LogP) is 3.08. The van der Waals surface area contributed by atoms with Crippen molar-refractivity contribution >= 4 is 11.9 Å². The van der Waals surface area contributed by atoms with Crippen molar-refractivity contribution in [3.05, 3.63) is 35.4 Å². The van der Waals surface area contributed by atoms with Gasteiger partial charge >= 0.3 is 5.97 Å². The Hall–Kier alpha value is -1.84. The van der Waals surface area contributed by atoms with Gasteiger partial charge in [0, 0.05) is 19.4 Å². The highest BCUT2D eigenvalue weighted by atomic mass is 16.4. The zero-order valence-corrected chi connectivity index (χ0v) is 12.7. The maximum atomic E-state index is 11.7. The molecule has 0 saturated carbocycles. The minimum Gasteiger partial charge on any atom is -0.481 e. The molecule has 1 amide bonds. The van der Waals surface area contributed by atoms with Gasteiger partial charge in [0.05, 0.1) is 0 Å². The third-order valence-electron chi connectivity index (χ3n) is 3.40. The number of amides is 1. The second kappa shape index (κ2) is 9.97. The number of nitrogens with one attached hydrogen (secondary N) is 1. The molecule has 0 aliphatic heterocycles. The molecule has 4 nitrogen and oxygen atoms in total. The fraction of sp³-hybridized carbons (Fsp3) is 0.529. The summed E-state index contributed by atoms with van der Waals surface area (Å²) >= 11 is 0. The Kier molecular flexibility index (Phi) is 8.17. The van der Waals surface area contributed by atoms with Crippen molar-refractivity contribution in [2.45, 2.75) is 51.9 Å². The van der Waals surface area contributed by atoms with E-state index < -0.39 is 5.97 Å². The monoisotopic (exact) mass is 291 g/mol. The highest BCUT2D eigenvalue weighted by molar-refractivity contribution is 5.76. The summed E-state index contributed by atoms with van der Waals surface area (Å²) < 4.78 is 0. The summed E-state index contributed by atoms with van der Waals surface area (Å²) in [5.41, 5.74) is 2.41. The molecule has 1 aromatic rings. The Labute approximate surface area is 126 Å². The van der Waals surface area contributed by atoms with Gasteiger partial charge in [0.2, 0.25) is 5.91 Å². The van der Waals surface area contributed by atoms with Crippen molar-refractivity contribution in [1.82, 2.24) is 5.32 Å². The van der Waals surface area contributed by atoms with E-state index in [1.54, 1.807) is 0 Å². The molecule has 0 fully saturated rings. The maximum Gasteiger partial charge on any atom is 0.303 e. The van der Waals surface area contributed by atoms with Gasteiger partial charge in [0.1, 0.15) is 0 Å². The van der Waals surface area contributed by atoms with Crippen molar-refractivity contribution in [3.8, 4) is 0 Å². The molecule has 0 aliphatic rings. The van der Waals surface area contributed by atoms with Crippen LogP contribution in [0.2, 0.25) is 0 Å². The first kappa shape index (κ1) is 17.2. The van der Waals surface area contributed by atoms with Crippen LogP contribution >= 0.6 is 0 Å². The van der Waals surface area contributed by atoms with Crippen molar-refractivity contribution in [2.75, 3.05) is 6.54 Å². The van der Waals surface area contributed by atoms with Gasteiger partial charge in [-0.2, -0.15) is 0 Å². The van der Waals surface area contributed by atoms with Gasteiger partial charge in [-0.1, -0.05) is 42.7 Å². The molecule has 0 heterocycles. The number of carbonyl (C=O) groups excluding carboxylic acids is 1. The van der Waals surface area contributed by atoms with Gasteiger partial charge in [-0.15, -0.1) is 0 Å². The van der Waals surface area contributed by atoms with Crippen molar-refractivity contribution < 1.29 is 14.7 Å². The Morgan fingerprint density at radius 1 is 1.00 bits per heavy atom. The third-order valence-corrected chi connectivity index (χ3v) is 3.40. The summed E-state index contributed by atoms with van der Waals surface area (Å²) in [6, 6.07) is 8.24. The van der Waals surface area contributed by atoms with Gasteiger partial charge in [0.25, 0.3) is 0 Å². The van der Waals surface area contributed by atoms with Crippen LogP contribution in [0.3, 0.4) is 0 Å². The lowest BCUT2D eigenvalue weighted by atomic mass is 10.1. The molecule has 2 N–H and O–H groups in total. The highest BCUT2D eigenvalue weighted by Crippen LogP contribution is 2.06. The molecule has 0 aliphatic carbocycles. The summed E-state index contributed by atoms with van der Waals surface area (Å²) in [6.07, 6.45) is 5.03. The number of unbranched alkanes of at least 4 members (excludes halogenated alkanes) is 3. The van der Waals surface area contributed by atoms with E-state index in [9.17, 15) is 9.59 Å². The van der Waals surface area contributed by atoms with Crippen LogP contribution in [-0.4, -0.2) is 23.5 Å². The number of carbonyl (C=O) groups is 2.